The van der Waals surface area contributed by atoms with E-state index in [-0.39, 0.29) is 24.8 Å². The highest BCUT2D eigenvalue weighted by Crippen LogP contribution is 2.35. The van der Waals surface area contributed by atoms with Gasteiger partial charge in [0.15, 0.2) is 5.13 Å². The van der Waals surface area contributed by atoms with Crippen LogP contribution in [0.4, 0.5) is 10.8 Å². The lowest BCUT2D eigenvalue weighted by Gasteiger charge is -2.21. The molecule has 1 aliphatic heterocycles. The van der Waals surface area contributed by atoms with Crippen molar-refractivity contribution in [2.75, 3.05) is 11.4 Å². The highest BCUT2D eigenvalue weighted by molar-refractivity contribution is 8.26. The number of carbonyl (C=O) groups excluding carboxylic acids is 2. The van der Waals surface area contributed by atoms with Crippen LogP contribution in [0, 0.1) is 13.8 Å². The van der Waals surface area contributed by atoms with Crippen LogP contribution >= 0.6 is 35.3 Å². The lowest BCUT2D eigenvalue weighted by atomic mass is 10.1. The maximum Gasteiger partial charge on any atom is 0.305 e. The second-order valence-electron chi connectivity index (χ2n) is 6.61. The highest BCUT2D eigenvalue weighted by atomic mass is 32.2. The van der Waals surface area contributed by atoms with Gasteiger partial charge in [-0.3, -0.25) is 24.2 Å². The van der Waals surface area contributed by atoms with Crippen molar-refractivity contribution < 1.29 is 19.5 Å². The normalized spacial score (nSPS) is 15.2. The smallest absolute Gasteiger partial charge is 0.305 e. The largest absolute Gasteiger partial charge is 0.481 e. The SMILES string of the molecule is CC(=O)N(c1nc(C=C2SC(=S)N(CCC(=O)O)C2=O)cs1)c1cccc(C)c1C. The number of rotatable bonds is 6. The van der Waals surface area contributed by atoms with Gasteiger partial charge in [-0.1, -0.05) is 36.1 Å². The first-order valence-electron chi connectivity index (χ1n) is 8.98. The Bertz CT molecular complexity index is 1080. The summed E-state index contributed by atoms with van der Waals surface area (Å²) in [7, 11) is 0. The summed E-state index contributed by atoms with van der Waals surface area (Å²) in [6.45, 7) is 5.45. The van der Waals surface area contributed by atoms with Crippen LogP contribution in [0.25, 0.3) is 6.08 Å². The molecular formula is C20H19N3O4S3. The summed E-state index contributed by atoms with van der Waals surface area (Å²) < 4.78 is 0.323. The number of anilines is 2. The third-order valence-corrected chi connectivity index (χ3v) is 6.76. The fourth-order valence-electron chi connectivity index (χ4n) is 2.86. The van der Waals surface area contributed by atoms with Gasteiger partial charge < -0.3 is 5.11 Å². The number of thiazole rings is 1. The van der Waals surface area contributed by atoms with Crippen LogP contribution in [0.1, 0.15) is 30.2 Å². The van der Waals surface area contributed by atoms with Gasteiger partial charge in [0.05, 0.1) is 22.7 Å². The Hall–Kier alpha value is -2.56. The third-order valence-electron chi connectivity index (χ3n) is 4.53. The molecule has 10 heteroatoms. The van der Waals surface area contributed by atoms with E-state index in [9.17, 15) is 14.4 Å². The van der Waals surface area contributed by atoms with E-state index >= 15 is 0 Å². The molecular weight excluding hydrogens is 442 g/mol. The number of aliphatic carboxylic acids is 1. The Kier molecular flexibility index (Phi) is 6.69. The minimum absolute atomic E-state index is 0.0321. The second kappa shape index (κ2) is 9.07. The van der Waals surface area contributed by atoms with E-state index in [1.807, 2.05) is 32.0 Å². The van der Waals surface area contributed by atoms with Gasteiger partial charge in [0.1, 0.15) is 4.32 Å². The molecule has 30 heavy (non-hydrogen) atoms. The first-order valence-corrected chi connectivity index (χ1v) is 11.1. The number of carboxylic acid groups (broad SMARTS) is 1. The van der Waals surface area contributed by atoms with Gasteiger partial charge in [0.25, 0.3) is 5.91 Å². The fourth-order valence-corrected chi connectivity index (χ4v) is 5.00. The Morgan fingerprint density at radius 1 is 1.33 bits per heavy atom. The Balaban J connectivity index is 1.87. The molecule has 2 heterocycles. The number of aryl methyl sites for hydroxylation is 1. The maximum absolute atomic E-state index is 12.6. The number of aromatic nitrogens is 1. The van der Waals surface area contributed by atoms with E-state index in [1.54, 1.807) is 16.4 Å². The van der Waals surface area contributed by atoms with Crippen molar-refractivity contribution in [2.24, 2.45) is 0 Å². The maximum atomic E-state index is 12.6. The molecule has 1 aromatic carbocycles. The van der Waals surface area contributed by atoms with Crippen molar-refractivity contribution in [2.45, 2.75) is 27.2 Å². The van der Waals surface area contributed by atoms with E-state index in [0.29, 0.717) is 20.1 Å². The van der Waals surface area contributed by atoms with Crippen molar-refractivity contribution in [1.82, 2.24) is 9.88 Å². The average Bonchev–Trinajstić information content (AvgIpc) is 3.22. The van der Waals surface area contributed by atoms with E-state index < -0.39 is 5.97 Å². The number of nitrogens with zero attached hydrogens (tertiary/aromatic N) is 3. The summed E-state index contributed by atoms with van der Waals surface area (Å²) in [5.74, 6) is -1.49. The van der Waals surface area contributed by atoms with E-state index in [1.165, 1.54) is 23.2 Å². The number of carboxylic acids is 1. The van der Waals surface area contributed by atoms with Crippen molar-refractivity contribution in [3.05, 3.63) is 45.3 Å². The second-order valence-corrected chi connectivity index (χ2v) is 9.12. The quantitative estimate of drug-likeness (QED) is 0.511. The molecule has 0 radical (unpaired) electrons. The lowest BCUT2D eigenvalue weighted by molar-refractivity contribution is -0.137. The summed E-state index contributed by atoms with van der Waals surface area (Å²) >= 11 is 7.61. The summed E-state index contributed by atoms with van der Waals surface area (Å²) in [5.41, 5.74) is 3.36. The van der Waals surface area contributed by atoms with Gasteiger partial charge in [0, 0.05) is 18.8 Å². The van der Waals surface area contributed by atoms with Crippen LogP contribution in [0.2, 0.25) is 0 Å². The predicted molar refractivity (Wildman–Crippen MR) is 123 cm³/mol. The topological polar surface area (TPSA) is 90.8 Å². The molecule has 1 aromatic heterocycles. The van der Waals surface area contributed by atoms with Crippen molar-refractivity contribution in [1.29, 1.82) is 0 Å². The van der Waals surface area contributed by atoms with Crippen LogP contribution in [0.15, 0.2) is 28.5 Å². The molecule has 1 aliphatic rings. The molecule has 7 nitrogen and oxygen atoms in total. The Labute approximate surface area is 187 Å². The molecule has 2 amide bonds. The van der Waals surface area contributed by atoms with Gasteiger partial charge in [-0.25, -0.2) is 4.98 Å². The Morgan fingerprint density at radius 2 is 2.07 bits per heavy atom. The van der Waals surface area contributed by atoms with Gasteiger partial charge in [0.2, 0.25) is 5.91 Å². The molecule has 156 valence electrons. The summed E-state index contributed by atoms with van der Waals surface area (Å²) in [4.78, 5) is 43.5. The zero-order valence-electron chi connectivity index (χ0n) is 16.5. The molecule has 1 N–H and O–H groups in total. The van der Waals surface area contributed by atoms with Crippen LogP contribution < -0.4 is 4.90 Å². The van der Waals surface area contributed by atoms with Gasteiger partial charge in [-0.05, 0) is 37.1 Å². The van der Waals surface area contributed by atoms with E-state index in [2.05, 4.69) is 4.98 Å². The number of carbonyl (C=O) groups is 3. The molecule has 0 aliphatic carbocycles. The molecule has 0 bridgehead atoms. The van der Waals surface area contributed by atoms with E-state index in [4.69, 9.17) is 17.3 Å². The molecule has 3 rings (SSSR count). The molecule has 1 fully saturated rings. The zero-order valence-corrected chi connectivity index (χ0v) is 19.0. The standard InChI is InChI=1S/C20H19N3O4S3/c1-11-5-4-6-15(12(11)2)23(13(3)24)19-21-14(10-29-19)9-16-18(27)22(20(28)30-16)8-7-17(25)26/h4-6,9-10H,7-8H2,1-3H3,(H,25,26). The molecule has 0 saturated carbocycles. The van der Waals surface area contributed by atoms with Crippen molar-refractivity contribution in [3.63, 3.8) is 0 Å². The number of amides is 2. The van der Waals surface area contributed by atoms with Crippen LogP contribution in [-0.2, 0) is 14.4 Å². The van der Waals surface area contributed by atoms with E-state index in [0.717, 1.165) is 28.6 Å². The van der Waals surface area contributed by atoms with Crippen LogP contribution in [0.5, 0.6) is 0 Å². The predicted octanol–water partition coefficient (Wildman–Crippen LogP) is 4.12. The molecule has 1 saturated heterocycles. The zero-order chi connectivity index (χ0) is 22.0. The minimum Gasteiger partial charge on any atom is -0.481 e. The number of benzene rings is 1. The first-order chi connectivity index (χ1) is 14.2. The molecule has 0 unspecified atom stereocenters. The highest BCUT2D eigenvalue weighted by Gasteiger charge is 2.32. The molecule has 2 aromatic rings. The number of thiocarbonyl (C=S) groups is 1. The number of thioether (sulfide) groups is 1. The average molecular weight is 462 g/mol. The van der Waals surface area contributed by atoms with Crippen LogP contribution in [-0.4, -0.2) is 43.6 Å². The van der Waals surface area contributed by atoms with Crippen molar-refractivity contribution in [3.8, 4) is 0 Å². The fraction of sp³-hybridized carbons (Fsp3) is 0.250. The van der Waals surface area contributed by atoms with Gasteiger partial charge in [-0.15, -0.1) is 11.3 Å². The molecule has 0 atom stereocenters. The van der Waals surface area contributed by atoms with Gasteiger partial charge in [-0.2, -0.15) is 0 Å². The van der Waals surface area contributed by atoms with Gasteiger partial charge >= 0.3 is 5.97 Å². The monoisotopic (exact) mass is 461 g/mol. The lowest BCUT2D eigenvalue weighted by Crippen LogP contribution is -2.30. The van der Waals surface area contributed by atoms with Crippen LogP contribution in [0.3, 0.4) is 0 Å². The molecule has 0 spiro atoms. The number of hydrogen-bond acceptors (Lipinski definition) is 7. The first kappa shape index (κ1) is 22.1. The third kappa shape index (κ3) is 4.61. The summed E-state index contributed by atoms with van der Waals surface area (Å²) in [6.07, 6.45) is 1.44. The summed E-state index contributed by atoms with van der Waals surface area (Å²) in [5, 5.41) is 11.1. The van der Waals surface area contributed by atoms with Crippen molar-refractivity contribution >= 4 is 74.3 Å². The minimum atomic E-state index is -0.993. The Morgan fingerprint density at radius 3 is 2.73 bits per heavy atom. The number of hydrogen-bond donors (Lipinski definition) is 1. The summed E-state index contributed by atoms with van der Waals surface area (Å²) in [6, 6.07) is 5.75.